The molecule has 0 saturated heterocycles. The lowest BCUT2D eigenvalue weighted by Gasteiger charge is -2.17. The highest BCUT2D eigenvalue weighted by molar-refractivity contribution is 6.05. The van der Waals surface area contributed by atoms with E-state index in [0.29, 0.717) is 5.56 Å². The van der Waals surface area contributed by atoms with Crippen molar-refractivity contribution in [3.8, 4) is 0 Å². The second-order valence-electron chi connectivity index (χ2n) is 6.32. The van der Waals surface area contributed by atoms with Gasteiger partial charge in [-0.3, -0.25) is 0 Å². The number of halogens is 2. The Kier molecular flexibility index (Phi) is 5.95. The molecule has 1 heterocycles. The van der Waals surface area contributed by atoms with Crippen LogP contribution >= 0.6 is 0 Å². The molecule has 0 bridgehead atoms. The summed E-state index contributed by atoms with van der Waals surface area (Å²) in [6, 6.07) is 15.3. The van der Waals surface area contributed by atoms with Crippen molar-refractivity contribution in [2.75, 3.05) is 7.05 Å². The highest BCUT2D eigenvalue weighted by atomic mass is 35.7. The van der Waals surface area contributed by atoms with E-state index in [2.05, 4.69) is 49.7 Å². The van der Waals surface area contributed by atoms with E-state index in [-0.39, 0.29) is 11.2 Å². The van der Waals surface area contributed by atoms with Crippen LogP contribution in [0.25, 0.3) is 6.08 Å². The van der Waals surface area contributed by atoms with Crippen LogP contribution in [0.15, 0.2) is 54.6 Å². The fourth-order valence-electron chi connectivity index (χ4n) is 3.08. The monoisotopic (exact) mass is 379 g/mol. The third kappa shape index (κ3) is 4.75. The van der Waals surface area contributed by atoms with Crippen LogP contribution in [0.1, 0.15) is 25.0 Å². The maximum absolute atomic E-state index is 13.7. The topological polar surface area (TPSA) is 95.2 Å². The molecule has 2 aromatic carbocycles. The Morgan fingerprint density at radius 1 is 0.923 bits per heavy atom. The molecular weight excluding hydrogens is 361 g/mol. The molecule has 0 amide bonds. The van der Waals surface area contributed by atoms with Crippen LogP contribution in [0.2, 0.25) is 0 Å². The number of para-hydroxylation sites is 1. The summed E-state index contributed by atoms with van der Waals surface area (Å²) in [5.41, 5.74) is 4.24. The number of fused-ring (bicyclic) bond motifs is 1. The Morgan fingerprint density at radius 3 is 2.04 bits per heavy atom. The van der Waals surface area contributed by atoms with Crippen molar-refractivity contribution >= 4 is 17.5 Å². The fraction of sp³-hybridized carbons (Fsp3) is 0.211. The molecule has 0 atom stereocenters. The standard InChI is InChI=1S/C19H19FN.ClHO4/c1-19(2)15-9-5-7-11-17(15)21(3)18(19)13-12-14-8-4-6-10-16(14)20;2-1(3,4)5/h4-13H,1-3H3;(H,2,3,4,5)/q+1;/p-1/b13-12+;. The molecule has 0 radical (unpaired) electrons. The molecule has 0 N–H and O–H groups in total. The highest BCUT2D eigenvalue weighted by Crippen LogP contribution is 2.39. The molecule has 0 unspecified atom stereocenters. The molecule has 0 aliphatic carbocycles. The summed E-state index contributed by atoms with van der Waals surface area (Å²) >= 11 is 0. The summed E-state index contributed by atoms with van der Waals surface area (Å²) < 4.78 is 49.9. The van der Waals surface area contributed by atoms with E-state index in [1.807, 2.05) is 18.2 Å². The summed E-state index contributed by atoms with van der Waals surface area (Å²) in [6.07, 6.45) is 3.88. The lowest BCUT2D eigenvalue weighted by atomic mass is 9.81. The second kappa shape index (κ2) is 7.65. The summed E-state index contributed by atoms with van der Waals surface area (Å²) in [4.78, 5) is 0. The number of allylic oxidation sites excluding steroid dienone is 1. The Bertz CT molecular complexity index is 851. The van der Waals surface area contributed by atoms with E-state index in [0.717, 1.165) is 0 Å². The molecule has 138 valence electrons. The SMILES string of the molecule is C[N+]1=C(/C=C/c2ccccc2F)C(C)(C)c2ccccc21.[O-][Cl+3]([O-])([O-])[O-]. The van der Waals surface area contributed by atoms with Crippen molar-refractivity contribution in [1.82, 2.24) is 0 Å². The number of nitrogens with zero attached hydrogens (tertiary/aromatic N) is 1. The van der Waals surface area contributed by atoms with E-state index in [9.17, 15) is 4.39 Å². The van der Waals surface area contributed by atoms with Crippen molar-refractivity contribution in [3.05, 3.63) is 71.6 Å². The van der Waals surface area contributed by atoms with Crippen LogP contribution in [-0.2, 0) is 5.41 Å². The fourth-order valence-corrected chi connectivity index (χ4v) is 3.08. The smallest absolute Gasteiger partial charge is 0.209 e. The zero-order valence-electron chi connectivity index (χ0n) is 14.6. The zero-order chi connectivity index (χ0) is 19.5. The van der Waals surface area contributed by atoms with E-state index in [4.69, 9.17) is 18.6 Å². The number of hydrogen-bond acceptors (Lipinski definition) is 4. The van der Waals surface area contributed by atoms with Gasteiger partial charge in [-0.2, -0.15) is 4.58 Å². The van der Waals surface area contributed by atoms with Crippen molar-refractivity contribution in [2.45, 2.75) is 19.3 Å². The third-order valence-corrected chi connectivity index (χ3v) is 4.27. The normalized spacial score (nSPS) is 15.7. The summed E-state index contributed by atoms with van der Waals surface area (Å²) in [5.74, 6) is -0.190. The van der Waals surface area contributed by atoms with Gasteiger partial charge in [0, 0.05) is 23.3 Å². The summed E-state index contributed by atoms with van der Waals surface area (Å²) in [5, 5.41) is 0. The Labute approximate surface area is 153 Å². The number of rotatable bonds is 2. The zero-order valence-corrected chi connectivity index (χ0v) is 15.4. The molecule has 1 aliphatic rings. The van der Waals surface area contributed by atoms with Crippen LogP contribution in [0.5, 0.6) is 0 Å². The third-order valence-electron chi connectivity index (χ3n) is 4.27. The molecule has 0 aromatic heterocycles. The quantitative estimate of drug-likeness (QED) is 0.674. The van der Waals surface area contributed by atoms with Crippen LogP contribution in [-0.4, -0.2) is 17.3 Å². The van der Waals surface area contributed by atoms with Crippen molar-refractivity contribution < 1.29 is 37.8 Å². The maximum atomic E-state index is 13.7. The molecule has 5 nitrogen and oxygen atoms in total. The number of hydrogen-bond donors (Lipinski definition) is 0. The van der Waals surface area contributed by atoms with Gasteiger partial charge >= 0.3 is 0 Å². The minimum Gasteiger partial charge on any atom is -0.222 e. The first-order valence-corrected chi connectivity index (χ1v) is 9.00. The molecule has 0 saturated carbocycles. The first-order valence-electron chi connectivity index (χ1n) is 7.77. The van der Waals surface area contributed by atoms with Crippen molar-refractivity contribution in [3.63, 3.8) is 0 Å². The molecule has 0 spiro atoms. The first-order chi connectivity index (χ1) is 12.0. The van der Waals surface area contributed by atoms with Gasteiger partial charge in [-0.15, -0.1) is 10.2 Å². The lowest BCUT2D eigenvalue weighted by Crippen LogP contribution is -2.68. The van der Waals surface area contributed by atoms with Crippen molar-refractivity contribution in [1.29, 1.82) is 0 Å². The summed E-state index contributed by atoms with van der Waals surface area (Å²) in [7, 11) is -2.88. The van der Waals surface area contributed by atoms with Gasteiger partial charge in [0.2, 0.25) is 5.69 Å². The molecule has 3 rings (SSSR count). The summed E-state index contributed by atoms with van der Waals surface area (Å²) in [6.45, 7) is 4.41. The molecular formula is C19H19ClFNO4. The van der Waals surface area contributed by atoms with Gasteiger partial charge in [-0.05, 0) is 26.0 Å². The average molecular weight is 380 g/mol. The molecule has 26 heavy (non-hydrogen) atoms. The maximum Gasteiger partial charge on any atom is 0.209 e. The van der Waals surface area contributed by atoms with E-state index < -0.39 is 10.2 Å². The Balaban J connectivity index is 0.000000431. The molecule has 1 aliphatic heterocycles. The molecule has 0 fully saturated rings. The van der Waals surface area contributed by atoms with Gasteiger partial charge in [-0.25, -0.2) is 23.0 Å². The Morgan fingerprint density at radius 2 is 1.46 bits per heavy atom. The van der Waals surface area contributed by atoms with Gasteiger partial charge in [0.1, 0.15) is 12.9 Å². The predicted octanol–water partition coefficient (Wildman–Crippen LogP) is -0.211. The number of benzene rings is 2. The predicted molar refractivity (Wildman–Crippen MR) is 85.8 cm³/mol. The van der Waals surface area contributed by atoms with Crippen molar-refractivity contribution in [2.24, 2.45) is 0 Å². The van der Waals surface area contributed by atoms with Gasteiger partial charge in [-0.1, -0.05) is 36.4 Å². The van der Waals surface area contributed by atoms with Crippen LogP contribution in [0.3, 0.4) is 0 Å². The minimum absolute atomic E-state index is 0.0763. The van der Waals surface area contributed by atoms with Crippen LogP contribution in [0.4, 0.5) is 10.1 Å². The van der Waals surface area contributed by atoms with E-state index >= 15 is 0 Å². The van der Waals surface area contributed by atoms with Gasteiger partial charge in [0.05, 0.1) is 5.41 Å². The van der Waals surface area contributed by atoms with Gasteiger partial charge < -0.3 is 0 Å². The largest absolute Gasteiger partial charge is 0.222 e. The van der Waals surface area contributed by atoms with Crippen LogP contribution in [0, 0.1) is 16.1 Å². The molecule has 2 aromatic rings. The van der Waals surface area contributed by atoms with E-state index in [1.165, 1.54) is 23.0 Å². The highest BCUT2D eigenvalue weighted by Gasteiger charge is 2.42. The Hall–Kier alpha value is -2.09. The van der Waals surface area contributed by atoms with Gasteiger partial charge in [0.15, 0.2) is 5.71 Å². The van der Waals surface area contributed by atoms with Crippen LogP contribution < -0.4 is 18.6 Å². The van der Waals surface area contributed by atoms with E-state index in [1.54, 1.807) is 12.1 Å². The lowest BCUT2D eigenvalue weighted by molar-refractivity contribution is -2.00. The first kappa shape index (κ1) is 20.2. The minimum atomic E-state index is -4.94. The second-order valence-corrected chi connectivity index (χ2v) is 7.08. The molecule has 7 heteroatoms. The average Bonchev–Trinajstić information content (AvgIpc) is 2.73. The van der Waals surface area contributed by atoms with Gasteiger partial charge in [0.25, 0.3) is 0 Å².